The Bertz CT molecular complexity index is 748. The van der Waals surface area contributed by atoms with Gasteiger partial charge in [0.15, 0.2) is 0 Å². The third-order valence-electron chi connectivity index (χ3n) is 3.24. The Morgan fingerprint density at radius 3 is 2.73 bits per heavy atom. The molecule has 1 N–H and O–H groups in total. The van der Waals surface area contributed by atoms with Crippen LogP contribution in [0.15, 0.2) is 53.3 Å². The summed E-state index contributed by atoms with van der Waals surface area (Å²) in [5, 5.41) is 3.82. The molecule has 0 atom stereocenters. The summed E-state index contributed by atoms with van der Waals surface area (Å²) >= 11 is 0. The maximum absolute atomic E-state index is 12.2. The molecule has 4 heteroatoms. The molecule has 1 aromatic carbocycles. The van der Waals surface area contributed by atoms with Gasteiger partial charge < -0.3 is 9.73 Å². The quantitative estimate of drug-likeness (QED) is 0.792. The Morgan fingerprint density at radius 1 is 1.18 bits per heavy atom. The van der Waals surface area contributed by atoms with Gasteiger partial charge >= 0.3 is 0 Å². The highest BCUT2D eigenvalue weighted by molar-refractivity contribution is 6.05. The van der Waals surface area contributed by atoms with Crippen LogP contribution in [0.2, 0.25) is 0 Å². The molecule has 3 aromatic rings. The first-order valence-electron chi connectivity index (χ1n) is 7.40. The second-order valence-electron chi connectivity index (χ2n) is 4.60. The third-order valence-corrected chi connectivity index (χ3v) is 3.24. The van der Waals surface area contributed by atoms with Crippen molar-refractivity contribution in [1.29, 1.82) is 0 Å². The lowest BCUT2D eigenvalue weighted by atomic mass is 10.1. The number of carbonyl (C=O) groups is 1. The zero-order chi connectivity index (χ0) is 15.9. The number of nitrogens with one attached hydrogen (secondary N) is 1. The van der Waals surface area contributed by atoms with E-state index < -0.39 is 0 Å². The molecule has 2 heterocycles. The van der Waals surface area contributed by atoms with Crippen LogP contribution >= 0.6 is 0 Å². The Hall–Kier alpha value is -2.62. The molecule has 1 amide bonds. The van der Waals surface area contributed by atoms with Crippen LogP contribution in [0, 0.1) is 6.92 Å². The SMILES string of the molecule is CC.Cc1ccc(C(=O)NCc2ccccn2)c2occc12. The summed E-state index contributed by atoms with van der Waals surface area (Å²) in [6.45, 7) is 6.39. The number of hydrogen-bond donors (Lipinski definition) is 1. The van der Waals surface area contributed by atoms with Gasteiger partial charge in [-0.2, -0.15) is 0 Å². The Kier molecular flexibility index (Phi) is 5.31. The first-order valence-corrected chi connectivity index (χ1v) is 7.40. The van der Waals surface area contributed by atoms with Gasteiger partial charge in [-0.05, 0) is 36.8 Å². The van der Waals surface area contributed by atoms with Gasteiger partial charge in [0.25, 0.3) is 5.91 Å². The predicted octanol–water partition coefficient (Wildman–Crippen LogP) is 4.09. The third kappa shape index (κ3) is 3.34. The molecule has 0 aliphatic carbocycles. The smallest absolute Gasteiger partial charge is 0.255 e. The van der Waals surface area contributed by atoms with E-state index in [1.165, 1.54) is 0 Å². The molecule has 0 unspecified atom stereocenters. The average Bonchev–Trinajstić information content (AvgIpc) is 3.06. The number of hydrogen-bond acceptors (Lipinski definition) is 3. The Balaban J connectivity index is 0.000000847. The van der Waals surface area contributed by atoms with Crippen LogP contribution in [0.4, 0.5) is 0 Å². The van der Waals surface area contributed by atoms with Crippen molar-refractivity contribution in [3.8, 4) is 0 Å². The van der Waals surface area contributed by atoms with Gasteiger partial charge in [-0.1, -0.05) is 26.0 Å². The van der Waals surface area contributed by atoms with E-state index in [2.05, 4.69) is 10.3 Å². The van der Waals surface area contributed by atoms with Crippen molar-refractivity contribution >= 4 is 16.9 Å². The van der Waals surface area contributed by atoms with Crippen LogP contribution < -0.4 is 5.32 Å². The van der Waals surface area contributed by atoms with Crippen molar-refractivity contribution in [2.75, 3.05) is 0 Å². The first-order chi connectivity index (χ1) is 10.8. The van der Waals surface area contributed by atoms with Gasteiger partial charge in [0.1, 0.15) is 5.58 Å². The molecule has 0 spiro atoms. The molecule has 0 radical (unpaired) electrons. The van der Waals surface area contributed by atoms with Crippen molar-refractivity contribution < 1.29 is 9.21 Å². The molecule has 0 saturated heterocycles. The van der Waals surface area contributed by atoms with Crippen molar-refractivity contribution in [3.05, 3.63) is 65.7 Å². The highest BCUT2D eigenvalue weighted by atomic mass is 16.3. The van der Waals surface area contributed by atoms with Crippen LogP contribution in [-0.4, -0.2) is 10.9 Å². The second kappa shape index (κ2) is 7.41. The molecule has 0 bridgehead atoms. The standard InChI is InChI=1S/C16H14N2O2.C2H6/c1-11-5-6-14(15-13(11)7-9-20-15)16(19)18-10-12-4-2-3-8-17-12;1-2/h2-9H,10H2,1H3,(H,18,19);1-2H3. The van der Waals surface area contributed by atoms with Crippen molar-refractivity contribution in [1.82, 2.24) is 10.3 Å². The van der Waals surface area contributed by atoms with Gasteiger partial charge in [-0.25, -0.2) is 0 Å². The largest absolute Gasteiger partial charge is 0.463 e. The number of rotatable bonds is 3. The zero-order valence-electron chi connectivity index (χ0n) is 13.1. The maximum Gasteiger partial charge on any atom is 0.255 e. The zero-order valence-corrected chi connectivity index (χ0v) is 13.1. The summed E-state index contributed by atoms with van der Waals surface area (Å²) in [5.41, 5.74) is 3.09. The molecule has 0 fully saturated rings. The van der Waals surface area contributed by atoms with Crippen molar-refractivity contribution in [2.45, 2.75) is 27.3 Å². The van der Waals surface area contributed by atoms with Crippen LogP contribution in [-0.2, 0) is 6.54 Å². The minimum atomic E-state index is -0.157. The summed E-state index contributed by atoms with van der Waals surface area (Å²) in [7, 11) is 0. The molecule has 22 heavy (non-hydrogen) atoms. The maximum atomic E-state index is 12.2. The van der Waals surface area contributed by atoms with Gasteiger partial charge in [0, 0.05) is 11.6 Å². The topological polar surface area (TPSA) is 55.1 Å². The molecular weight excluding hydrogens is 276 g/mol. The lowest BCUT2D eigenvalue weighted by molar-refractivity contribution is 0.0951. The molecule has 4 nitrogen and oxygen atoms in total. The predicted molar refractivity (Wildman–Crippen MR) is 87.7 cm³/mol. The molecule has 3 rings (SSSR count). The Morgan fingerprint density at radius 2 is 2.00 bits per heavy atom. The summed E-state index contributed by atoms with van der Waals surface area (Å²) in [6.07, 6.45) is 3.31. The number of carbonyl (C=O) groups excluding carboxylic acids is 1. The summed E-state index contributed by atoms with van der Waals surface area (Å²) < 4.78 is 5.43. The van der Waals surface area contributed by atoms with Crippen molar-refractivity contribution in [2.24, 2.45) is 0 Å². The van der Waals surface area contributed by atoms with Crippen LogP contribution in [0.1, 0.15) is 35.5 Å². The molecule has 0 saturated carbocycles. The number of fused-ring (bicyclic) bond motifs is 1. The minimum absolute atomic E-state index is 0.157. The van der Waals surface area contributed by atoms with Crippen LogP contribution in [0.3, 0.4) is 0 Å². The lowest BCUT2D eigenvalue weighted by Gasteiger charge is -2.06. The summed E-state index contributed by atoms with van der Waals surface area (Å²) in [4.78, 5) is 16.4. The molecular formula is C18H20N2O2. The number of aryl methyl sites for hydroxylation is 1. The van der Waals surface area contributed by atoms with Crippen LogP contribution in [0.5, 0.6) is 0 Å². The average molecular weight is 296 g/mol. The minimum Gasteiger partial charge on any atom is -0.463 e. The van der Waals surface area contributed by atoms with Gasteiger partial charge in [-0.3, -0.25) is 9.78 Å². The van der Waals surface area contributed by atoms with E-state index in [-0.39, 0.29) is 5.91 Å². The normalized spacial score (nSPS) is 9.95. The number of nitrogens with zero attached hydrogens (tertiary/aromatic N) is 1. The molecule has 0 aliphatic heterocycles. The van der Waals surface area contributed by atoms with E-state index >= 15 is 0 Å². The van der Waals surface area contributed by atoms with E-state index in [9.17, 15) is 4.79 Å². The Labute approximate surface area is 130 Å². The monoisotopic (exact) mass is 296 g/mol. The number of benzene rings is 1. The number of pyridine rings is 1. The molecule has 114 valence electrons. The fourth-order valence-corrected chi connectivity index (χ4v) is 2.15. The van der Waals surface area contributed by atoms with Gasteiger partial charge in [-0.15, -0.1) is 0 Å². The first kappa shape index (κ1) is 15.8. The van der Waals surface area contributed by atoms with E-state index in [1.807, 2.05) is 51.1 Å². The highest BCUT2D eigenvalue weighted by Gasteiger charge is 2.13. The van der Waals surface area contributed by atoms with E-state index in [1.54, 1.807) is 18.5 Å². The molecule has 0 aliphatic rings. The van der Waals surface area contributed by atoms with Crippen LogP contribution in [0.25, 0.3) is 11.0 Å². The second-order valence-corrected chi connectivity index (χ2v) is 4.60. The summed E-state index contributed by atoms with van der Waals surface area (Å²) in [5.74, 6) is -0.157. The fourth-order valence-electron chi connectivity index (χ4n) is 2.15. The van der Waals surface area contributed by atoms with E-state index in [4.69, 9.17) is 4.42 Å². The molecule has 2 aromatic heterocycles. The van der Waals surface area contributed by atoms with E-state index in [0.29, 0.717) is 17.7 Å². The van der Waals surface area contributed by atoms with Gasteiger partial charge in [0.05, 0.1) is 24.1 Å². The van der Waals surface area contributed by atoms with Crippen molar-refractivity contribution in [3.63, 3.8) is 0 Å². The van der Waals surface area contributed by atoms with Gasteiger partial charge in [0.2, 0.25) is 0 Å². The highest BCUT2D eigenvalue weighted by Crippen LogP contribution is 2.23. The number of amides is 1. The lowest BCUT2D eigenvalue weighted by Crippen LogP contribution is -2.23. The number of aromatic nitrogens is 1. The van der Waals surface area contributed by atoms with E-state index in [0.717, 1.165) is 16.6 Å². The number of furan rings is 1. The summed E-state index contributed by atoms with van der Waals surface area (Å²) in [6, 6.07) is 11.2. The fraction of sp³-hybridized carbons (Fsp3) is 0.222.